The van der Waals surface area contributed by atoms with Gasteiger partial charge in [-0.3, -0.25) is 10.1 Å². The fraction of sp³-hybridized carbons (Fsp3) is 0.222. The van der Waals surface area contributed by atoms with Crippen LogP contribution in [0.25, 0.3) is 0 Å². The van der Waals surface area contributed by atoms with E-state index in [0.29, 0.717) is 0 Å². The number of hydrogen-bond acceptors (Lipinski definition) is 5. The molecule has 0 bridgehead atoms. The minimum atomic E-state index is -1.22. The highest BCUT2D eigenvalue weighted by atomic mass is 16.6. The Morgan fingerprint density at radius 3 is 2.40 bits per heavy atom. The molecule has 0 saturated heterocycles. The Kier molecular flexibility index (Phi) is 3.35. The molecule has 1 N–H and O–H groups in total. The second-order valence-corrected chi connectivity index (χ2v) is 2.85. The fourth-order valence-electron chi connectivity index (χ4n) is 0.837. The largest absolute Gasteiger partial charge is 0.425 e. The van der Waals surface area contributed by atoms with Crippen LogP contribution in [0.5, 0.6) is 5.75 Å². The van der Waals surface area contributed by atoms with Gasteiger partial charge in [0, 0.05) is 12.1 Å². The van der Waals surface area contributed by atoms with Gasteiger partial charge in [0.15, 0.2) is 0 Å². The van der Waals surface area contributed by atoms with Gasteiger partial charge in [-0.05, 0) is 19.1 Å². The van der Waals surface area contributed by atoms with E-state index in [1.807, 2.05) is 0 Å². The highest BCUT2D eigenvalue weighted by Crippen LogP contribution is 2.17. The number of rotatable bonds is 3. The lowest BCUT2D eigenvalue weighted by Gasteiger charge is -2.04. The second kappa shape index (κ2) is 4.52. The van der Waals surface area contributed by atoms with Crippen molar-refractivity contribution in [2.24, 2.45) is 0 Å². The lowest BCUT2D eigenvalue weighted by molar-refractivity contribution is -0.384. The molecule has 1 aromatic rings. The second-order valence-electron chi connectivity index (χ2n) is 2.85. The third-order valence-corrected chi connectivity index (χ3v) is 1.61. The van der Waals surface area contributed by atoms with Crippen LogP contribution in [0.2, 0.25) is 0 Å². The van der Waals surface area contributed by atoms with Gasteiger partial charge in [-0.25, -0.2) is 4.79 Å². The number of benzene rings is 1. The molecule has 0 aliphatic heterocycles. The van der Waals surface area contributed by atoms with Crippen molar-refractivity contribution < 1.29 is 19.6 Å². The van der Waals surface area contributed by atoms with Gasteiger partial charge >= 0.3 is 5.97 Å². The molecule has 80 valence electrons. The first kappa shape index (κ1) is 11.1. The molecule has 0 aliphatic rings. The van der Waals surface area contributed by atoms with E-state index in [1.165, 1.54) is 31.2 Å². The predicted molar refractivity (Wildman–Crippen MR) is 50.4 cm³/mol. The maximum Gasteiger partial charge on any atom is 0.340 e. The highest BCUT2D eigenvalue weighted by molar-refractivity contribution is 5.76. The van der Waals surface area contributed by atoms with E-state index in [1.54, 1.807) is 0 Å². The van der Waals surface area contributed by atoms with Crippen LogP contribution < -0.4 is 4.74 Å². The van der Waals surface area contributed by atoms with Crippen molar-refractivity contribution >= 4 is 11.7 Å². The van der Waals surface area contributed by atoms with E-state index in [0.717, 1.165) is 0 Å². The van der Waals surface area contributed by atoms with Crippen LogP contribution in [-0.4, -0.2) is 22.1 Å². The average Bonchev–Trinajstić information content (AvgIpc) is 2.18. The van der Waals surface area contributed by atoms with Crippen LogP contribution in [0.4, 0.5) is 5.69 Å². The number of nitro groups is 1. The fourth-order valence-corrected chi connectivity index (χ4v) is 0.837. The Bertz CT molecular complexity index is 371. The molecular formula is C9H9NO5. The molecule has 15 heavy (non-hydrogen) atoms. The minimum absolute atomic E-state index is 0.0909. The van der Waals surface area contributed by atoms with E-state index in [-0.39, 0.29) is 11.4 Å². The maximum absolute atomic E-state index is 10.9. The van der Waals surface area contributed by atoms with Crippen molar-refractivity contribution in [3.05, 3.63) is 34.4 Å². The monoisotopic (exact) mass is 211 g/mol. The number of esters is 1. The quantitative estimate of drug-likeness (QED) is 0.347. The number of aliphatic hydroxyl groups is 1. The summed E-state index contributed by atoms with van der Waals surface area (Å²) in [6.45, 7) is 1.27. The third kappa shape index (κ3) is 3.03. The number of carbonyl (C=O) groups is 1. The van der Waals surface area contributed by atoms with Crippen molar-refractivity contribution in [2.75, 3.05) is 0 Å². The van der Waals surface area contributed by atoms with Gasteiger partial charge in [0.05, 0.1) is 4.92 Å². The summed E-state index contributed by atoms with van der Waals surface area (Å²) in [7, 11) is 0. The van der Waals surface area contributed by atoms with Crippen LogP contribution in [0.15, 0.2) is 24.3 Å². The molecule has 6 heteroatoms. The predicted octanol–water partition coefficient (Wildman–Crippen LogP) is 0.881. The lowest BCUT2D eigenvalue weighted by Crippen LogP contribution is -2.22. The molecule has 6 nitrogen and oxygen atoms in total. The SMILES string of the molecule is CC(O)C(=O)Oc1ccc([N+](=O)[O-])cc1. The number of ether oxygens (including phenoxy) is 1. The molecule has 1 unspecified atom stereocenters. The van der Waals surface area contributed by atoms with Crippen LogP contribution in [0.3, 0.4) is 0 Å². The van der Waals surface area contributed by atoms with E-state index in [4.69, 9.17) is 9.84 Å². The zero-order valence-electron chi connectivity index (χ0n) is 7.91. The molecule has 1 aromatic carbocycles. The van der Waals surface area contributed by atoms with E-state index < -0.39 is 17.0 Å². The average molecular weight is 211 g/mol. The summed E-state index contributed by atoms with van der Waals surface area (Å²) in [4.78, 5) is 20.7. The smallest absolute Gasteiger partial charge is 0.340 e. The molecule has 0 heterocycles. The van der Waals surface area contributed by atoms with Crippen LogP contribution in [-0.2, 0) is 4.79 Å². The first-order valence-corrected chi connectivity index (χ1v) is 4.15. The topological polar surface area (TPSA) is 89.7 Å². The van der Waals surface area contributed by atoms with Gasteiger partial charge in [-0.1, -0.05) is 0 Å². The Labute approximate surface area is 85.2 Å². The van der Waals surface area contributed by atoms with Crippen molar-refractivity contribution in [2.45, 2.75) is 13.0 Å². The van der Waals surface area contributed by atoms with E-state index in [9.17, 15) is 14.9 Å². The normalized spacial score (nSPS) is 11.9. The number of non-ortho nitro benzene ring substituents is 1. The number of nitro benzene ring substituents is 1. The van der Waals surface area contributed by atoms with Crippen LogP contribution >= 0.6 is 0 Å². The van der Waals surface area contributed by atoms with Gasteiger partial charge in [0.1, 0.15) is 11.9 Å². The van der Waals surface area contributed by atoms with Gasteiger partial charge in [0.2, 0.25) is 0 Å². The van der Waals surface area contributed by atoms with Crippen LogP contribution in [0, 0.1) is 10.1 Å². The van der Waals surface area contributed by atoms with Gasteiger partial charge in [-0.15, -0.1) is 0 Å². The minimum Gasteiger partial charge on any atom is -0.425 e. The molecule has 1 rings (SSSR count). The first-order valence-electron chi connectivity index (χ1n) is 4.15. The zero-order chi connectivity index (χ0) is 11.4. The van der Waals surface area contributed by atoms with Gasteiger partial charge in [0.25, 0.3) is 5.69 Å². The number of nitrogens with zero attached hydrogens (tertiary/aromatic N) is 1. The highest BCUT2D eigenvalue weighted by Gasteiger charge is 2.12. The summed E-state index contributed by atoms with van der Waals surface area (Å²) >= 11 is 0. The van der Waals surface area contributed by atoms with Crippen molar-refractivity contribution in [3.63, 3.8) is 0 Å². The summed E-state index contributed by atoms with van der Waals surface area (Å²) in [5.74, 6) is -0.643. The number of hydrogen-bond donors (Lipinski definition) is 1. The van der Waals surface area contributed by atoms with E-state index >= 15 is 0 Å². The molecule has 0 saturated carbocycles. The summed E-state index contributed by atoms with van der Waals surface area (Å²) in [5, 5.41) is 19.1. The zero-order valence-corrected chi connectivity index (χ0v) is 7.91. The lowest BCUT2D eigenvalue weighted by atomic mass is 10.3. The Balaban J connectivity index is 2.73. The van der Waals surface area contributed by atoms with Gasteiger partial charge < -0.3 is 9.84 Å². The molecule has 1 atom stereocenters. The first-order chi connectivity index (χ1) is 7.00. The molecule has 0 aromatic heterocycles. The number of carbonyl (C=O) groups excluding carboxylic acids is 1. The van der Waals surface area contributed by atoms with Gasteiger partial charge in [-0.2, -0.15) is 0 Å². The van der Waals surface area contributed by atoms with Crippen molar-refractivity contribution in [1.29, 1.82) is 0 Å². The summed E-state index contributed by atoms with van der Waals surface area (Å²) in [6, 6.07) is 5.01. The third-order valence-electron chi connectivity index (χ3n) is 1.61. The Morgan fingerprint density at radius 1 is 1.47 bits per heavy atom. The summed E-state index contributed by atoms with van der Waals surface area (Å²) in [5.41, 5.74) is -0.0909. The maximum atomic E-state index is 10.9. The summed E-state index contributed by atoms with van der Waals surface area (Å²) < 4.78 is 4.70. The summed E-state index contributed by atoms with van der Waals surface area (Å²) in [6.07, 6.45) is -1.22. The molecule has 0 aliphatic carbocycles. The Hall–Kier alpha value is -1.95. The standard InChI is InChI=1S/C9H9NO5/c1-6(11)9(12)15-8-4-2-7(3-5-8)10(13)14/h2-6,11H,1H3. The van der Waals surface area contributed by atoms with Crippen LogP contribution in [0.1, 0.15) is 6.92 Å². The molecule has 0 fully saturated rings. The molecular weight excluding hydrogens is 202 g/mol. The van der Waals surface area contributed by atoms with E-state index in [2.05, 4.69) is 0 Å². The molecule has 0 radical (unpaired) electrons. The Morgan fingerprint density at radius 2 is 2.00 bits per heavy atom. The van der Waals surface area contributed by atoms with Crippen molar-refractivity contribution in [3.8, 4) is 5.75 Å². The molecule has 0 spiro atoms. The molecule has 0 amide bonds. The van der Waals surface area contributed by atoms with Crippen molar-refractivity contribution in [1.82, 2.24) is 0 Å². The number of aliphatic hydroxyl groups excluding tert-OH is 1.